The van der Waals surface area contributed by atoms with Gasteiger partial charge >= 0.3 is 0 Å². The monoisotopic (exact) mass is 294 g/mol. The highest BCUT2D eigenvalue weighted by Crippen LogP contribution is 2.23. The van der Waals surface area contributed by atoms with Crippen LogP contribution in [0.2, 0.25) is 0 Å². The number of benzene rings is 1. The normalized spacial score (nSPS) is 18.7. The van der Waals surface area contributed by atoms with Gasteiger partial charge in [0.25, 0.3) is 5.91 Å². The average Bonchev–Trinajstić information content (AvgIpc) is 3.25. The number of nitrogens with zero attached hydrogens (tertiary/aromatic N) is 3. The van der Waals surface area contributed by atoms with Crippen LogP contribution in [0.5, 0.6) is 0 Å². The van der Waals surface area contributed by atoms with Crippen LogP contribution in [0.1, 0.15) is 29.2 Å². The molecule has 0 saturated carbocycles. The molecule has 112 valence electrons. The molecule has 22 heavy (non-hydrogen) atoms. The van der Waals surface area contributed by atoms with E-state index in [2.05, 4.69) is 14.5 Å². The molecule has 0 spiro atoms. The molecule has 1 atom stereocenters. The van der Waals surface area contributed by atoms with E-state index in [4.69, 9.17) is 0 Å². The van der Waals surface area contributed by atoms with Crippen molar-refractivity contribution in [3.63, 3.8) is 0 Å². The van der Waals surface area contributed by atoms with E-state index in [9.17, 15) is 4.79 Å². The molecule has 1 aromatic carbocycles. The zero-order valence-electron chi connectivity index (χ0n) is 12.3. The van der Waals surface area contributed by atoms with Crippen molar-refractivity contribution in [1.29, 1.82) is 0 Å². The Balaban J connectivity index is 1.56. The van der Waals surface area contributed by atoms with E-state index in [0.29, 0.717) is 6.04 Å². The number of likely N-dealkylation sites (tertiary alicyclic amines) is 1. The number of aromatic amines is 1. The van der Waals surface area contributed by atoms with Gasteiger partial charge in [-0.1, -0.05) is 6.07 Å². The number of imidazole rings is 1. The van der Waals surface area contributed by atoms with Crippen LogP contribution in [-0.4, -0.2) is 38.4 Å². The lowest BCUT2D eigenvalue weighted by molar-refractivity contribution is 0.0679. The van der Waals surface area contributed by atoms with Crippen LogP contribution < -0.4 is 0 Å². The first-order chi connectivity index (χ1) is 10.8. The molecule has 1 aliphatic heterocycles. The molecule has 1 aliphatic rings. The van der Waals surface area contributed by atoms with Crippen molar-refractivity contribution in [2.24, 2.45) is 0 Å². The largest absolute Gasteiger partial charge is 0.361 e. The number of piperidine rings is 1. The van der Waals surface area contributed by atoms with Crippen LogP contribution in [0.25, 0.3) is 10.9 Å². The maximum Gasteiger partial charge on any atom is 0.254 e. The van der Waals surface area contributed by atoms with E-state index in [-0.39, 0.29) is 5.91 Å². The fraction of sp³-hybridized carbons (Fsp3) is 0.294. The molecule has 3 heterocycles. The molecule has 2 aromatic heterocycles. The zero-order chi connectivity index (χ0) is 14.9. The fourth-order valence-corrected chi connectivity index (χ4v) is 3.23. The number of amides is 1. The predicted molar refractivity (Wildman–Crippen MR) is 84.7 cm³/mol. The van der Waals surface area contributed by atoms with Gasteiger partial charge in [-0.3, -0.25) is 4.79 Å². The molecule has 0 unspecified atom stereocenters. The van der Waals surface area contributed by atoms with Crippen LogP contribution in [-0.2, 0) is 0 Å². The molecule has 5 heteroatoms. The highest BCUT2D eigenvalue weighted by molar-refractivity contribution is 5.98. The Kier molecular flexibility index (Phi) is 3.18. The Hall–Kier alpha value is -2.56. The van der Waals surface area contributed by atoms with Crippen LogP contribution in [0, 0.1) is 0 Å². The molecule has 0 bridgehead atoms. The predicted octanol–water partition coefficient (Wildman–Crippen LogP) is 2.84. The lowest BCUT2D eigenvalue weighted by Gasteiger charge is -2.33. The van der Waals surface area contributed by atoms with E-state index in [1.165, 1.54) is 0 Å². The van der Waals surface area contributed by atoms with Crippen LogP contribution >= 0.6 is 0 Å². The molecular formula is C17H18N4O. The molecule has 0 radical (unpaired) electrons. The lowest BCUT2D eigenvalue weighted by atomic mass is 10.0. The summed E-state index contributed by atoms with van der Waals surface area (Å²) in [6, 6.07) is 8.20. The van der Waals surface area contributed by atoms with Crippen molar-refractivity contribution < 1.29 is 4.79 Å². The van der Waals surface area contributed by atoms with Crippen LogP contribution in [0.15, 0.2) is 49.2 Å². The van der Waals surface area contributed by atoms with E-state index >= 15 is 0 Å². The van der Waals surface area contributed by atoms with Gasteiger partial charge in [0.2, 0.25) is 0 Å². The first kappa shape index (κ1) is 13.1. The third-order valence-electron chi connectivity index (χ3n) is 4.43. The molecule has 5 nitrogen and oxygen atoms in total. The fourth-order valence-electron chi connectivity index (χ4n) is 3.23. The van der Waals surface area contributed by atoms with E-state index in [0.717, 1.165) is 42.4 Å². The average molecular weight is 294 g/mol. The van der Waals surface area contributed by atoms with Gasteiger partial charge in [0, 0.05) is 42.8 Å². The topological polar surface area (TPSA) is 53.9 Å². The molecule has 4 rings (SSSR count). The number of nitrogens with one attached hydrogen (secondary N) is 1. The third-order valence-corrected chi connectivity index (χ3v) is 4.43. The zero-order valence-corrected chi connectivity index (χ0v) is 12.3. The Morgan fingerprint density at radius 1 is 1.32 bits per heavy atom. The third kappa shape index (κ3) is 2.28. The SMILES string of the molecule is O=C(c1ccc2cc[nH]c2c1)N1CCC[C@H](n2ccnc2)C1. The van der Waals surface area contributed by atoms with Gasteiger partial charge in [0.05, 0.1) is 12.4 Å². The van der Waals surface area contributed by atoms with Gasteiger partial charge < -0.3 is 14.5 Å². The van der Waals surface area contributed by atoms with Crippen molar-refractivity contribution in [3.05, 3.63) is 54.7 Å². The Bertz CT molecular complexity index is 790. The standard InChI is InChI=1S/C17H18N4O/c22-17(14-4-3-13-5-6-19-16(13)10-14)20-8-1-2-15(11-20)21-9-7-18-12-21/h3-7,9-10,12,15,19H,1-2,8,11H2/t15-/m0/s1. The number of rotatable bonds is 2. The van der Waals surface area contributed by atoms with E-state index < -0.39 is 0 Å². The second kappa shape index (κ2) is 5.33. The van der Waals surface area contributed by atoms with Gasteiger partial charge in [0.15, 0.2) is 0 Å². The highest BCUT2D eigenvalue weighted by atomic mass is 16.2. The number of hydrogen-bond acceptors (Lipinski definition) is 2. The minimum absolute atomic E-state index is 0.112. The van der Waals surface area contributed by atoms with Gasteiger partial charge in [-0.15, -0.1) is 0 Å². The summed E-state index contributed by atoms with van der Waals surface area (Å²) in [4.78, 5) is 22.0. The van der Waals surface area contributed by atoms with Gasteiger partial charge in [-0.2, -0.15) is 0 Å². The molecule has 1 saturated heterocycles. The van der Waals surface area contributed by atoms with Crippen molar-refractivity contribution in [1.82, 2.24) is 19.4 Å². The summed E-state index contributed by atoms with van der Waals surface area (Å²) in [5.74, 6) is 0.112. The second-order valence-corrected chi connectivity index (χ2v) is 5.84. The second-order valence-electron chi connectivity index (χ2n) is 5.84. The molecule has 1 fully saturated rings. The van der Waals surface area contributed by atoms with Crippen molar-refractivity contribution in [2.75, 3.05) is 13.1 Å². The summed E-state index contributed by atoms with van der Waals surface area (Å²) >= 11 is 0. The summed E-state index contributed by atoms with van der Waals surface area (Å²) in [6.07, 6.45) is 9.62. The molecule has 1 amide bonds. The quantitative estimate of drug-likeness (QED) is 0.790. The maximum absolute atomic E-state index is 12.8. The minimum Gasteiger partial charge on any atom is -0.361 e. The number of carbonyl (C=O) groups is 1. The van der Waals surface area contributed by atoms with Crippen molar-refractivity contribution >= 4 is 16.8 Å². The first-order valence-electron chi connectivity index (χ1n) is 7.65. The van der Waals surface area contributed by atoms with Crippen molar-refractivity contribution in [3.8, 4) is 0 Å². The van der Waals surface area contributed by atoms with Crippen LogP contribution in [0.4, 0.5) is 0 Å². The number of fused-ring (bicyclic) bond motifs is 1. The minimum atomic E-state index is 0.112. The summed E-state index contributed by atoms with van der Waals surface area (Å²) in [5.41, 5.74) is 1.76. The molecular weight excluding hydrogens is 276 g/mol. The summed E-state index contributed by atoms with van der Waals surface area (Å²) in [5, 5.41) is 1.13. The number of H-pyrrole nitrogens is 1. The van der Waals surface area contributed by atoms with Gasteiger partial charge in [-0.05, 0) is 36.4 Å². The molecule has 3 aromatic rings. The number of aromatic nitrogens is 3. The Labute approximate surface area is 128 Å². The number of hydrogen-bond donors (Lipinski definition) is 1. The van der Waals surface area contributed by atoms with Crippen molar-refractivity contribution in [2.45, 2.75) is 18.9 Å². The highest BCUT2D eigenvalue weighted by Gasteiger charge is 2.25. The first-order valence-corrected chi connectivity index (χ1v) is 7.65. The Morgan fingerprint density at radius 3 is 3.14 bits per heavy atom. The van der Waals surface area contributed by atoms with Gasteiger partial charge in [-0.25, -0.2) is 4.98 Å². The Morgan fingerprint density at radius 2 is 2.27 bits per heavy atom. The molecule has 0 aliphatic carbocycles. The summed E-state index contributed by atoms with van der Waals surface area (Å²) in [7, 11) is 0. The summed E-state index contributed by atoms with van der Waals surface area (Å²) in [6.45, 7) is 1.57. The molecule has 1 N–H and O–H groups in total. The number of carbonyl (C=O) groups excluding carboxylic acids is 1. The smallest absolute Gasteiger partial charge is 0.254 e. The van der Waals surface area contributed by atoms with Crippen LogP contribution in [0.3, 0.4) is 0 Å². The van der Waals surface area contributed by atoms with E-state index in [1.807, 2.05) is 47.9 Å². The summed E-state index contributed by atoms with van der Waals surface area (Å²) < 4.78 is 2.10. The maximum atomic E-state index is 12.8. The lowest BCUT2D eigenvalue weighted by Crippen LogP contribution is -2.40. The van der Waals surface area contributed by atoms with E-state index in [1.54, 1.807) is 6.20 Å². The van der Waals surface area contributed by atoms with Gasteiger partial charge in [0.1, 0.15) is 0 Å².